The van der Waals surface area contributed by atoms with Crippen molar-refractivity contribution in [3.05, 3.63) is 75.2 Å². The fourth-order valence-electron chi connectivity index (χ4n) is 4.60. The SMILES string of the molecule is Cc1ccc(CN(Cc2ccc3c(c2)OCO3)Cc2nc(C(=O)NC3CCCCC3)cs2)cc1. The summed E-state index contributed by atoms with van der Waals surface area (Å²) in [7, 11) is 0. The predicted octanol–water partition coefficient (Wildman–Crippen LogP) is 5.45. The molecule has 3 aromatic rings. The Morgan fingerprint density at radius 3 is 2.56 bits per heavy atom. The van der Waals surface area contributed by atoms with E-state index in [1.165, 1.54) is 30.4 Å². The minimum Gasteiger partial charge on any atom is -0.454 e. The summed E-state index contributed by atoms with van der Waals surface area (Å²) in [5.41, 5.74) is 4.19. The lowest BCUT2D eigenvalue weighted by molar-refractivity contribution is 0.0923. The molecular formula is C27H31N3O3S. The van der Waals surface area contributed by atoms with Gasteiger partial charge in [-0.3, -0.25) is 9.69 Å². The lowest BCUT2D eigenvalue weighted by Crippen LogP contribution is -2.36. The molecule has 1 amide bonds. The van der Waals surface area contributed by atoms with Crippen LogP contribution >= 0.6 is 11.3 Å². The summed E-state index contributed by atoms with van der Waals surface area (Å²) in [5, 5.41) is 6.01. The summed E-state index contributed by atoms with van der Waals surface area (Å²) in [6.45, 7) is 4.58. The number of benzene rings is 2. The van der Waals surface area contributed by atoms with Gasteiger partial charge >= 0.3 is 0 Å². The maximum absolute atomic E-state index is 12.7. The minimum absolute atomic E-state index is 0.0461. The third kappa shape index (κ3) is 5.77. The molecule has 0 unspecified atom stereocenters. The molecular weight excluding hydrogens is 446 g/mol. The molecule has 1 aromatic heterocycles. The van der Waals surface area contributed by atoms with Gasteiger partial charge in [-0.1, -0.05) is 55.2 Å². The third-order valence-electron chi connectivity index (χ3n) is 6.45. The molecule has 1 N–H and O–H groups in total. The van der Waals surface area contributed by atoms with Crippen molar-refractivity contribution in [2.24, 2.45) is 0 Å². The van der Waals surface area contributed by atoms with Gasteiger partial charge in [0.05, 0.1) is 6.54 Å². The molecule has 0 spiro atoms. The van der Waals surface area contributed by atoms with E-state index in [1.807, 2.05) is 11.4 Å². The number of amides is 1. The molecule has 1 aliphatic carbocycles. The van der Waals surface area contributed by atoms with Crippen LogP contribution in [0.4, 0.5) is 0 Å². The smallest absolute Gasteiger partial charge is 0.270 e. The first kappa shape index (κ1) is 22.9. The van der Waals surface area contributed by atoms with Crippen molar-refractivity contribution < 1.29 is 14.3 Å². The molecule has 1 saturated carbocycles. The highest BCUT2D eigenvalue weighted by Crippen LogP contribution is 2.33. The fraction of sp³-hybridized carbons (Fsp3) is 0.407. The highest BCUT2D eigenvalue weighted by Gasteiger charge is 2.20. The van der Waals surface area contributed by atoms with E-state index in [1.54, 1.807) is 11.3 Å². The highest BCUT2D eigenvalue weighted by molar-refractivity contribution is 7.09. The van der Waals surface area contributed by atoms with Crippen LogP contribution in [0.3, 0.4) is 0 Å². The summed E-state index contributed by atoms with van der Waals surface area (Å²) < 4.78 is 11.0. The molecule has 2 aliphatic rings. The van der Waals surface area contributed by atoms with E-state index in [0.717, 1.165) is 48.0 Å². The van der Waals surface area contributed by atoms with Gasteiger partial charge in [-0.15, -0.1) is 11.3 Å². The first-order valence-electron chi connectivity index (χ1n) is 12.0. The van der Waals surface area contributed by atoms with Crippen LogP contribution in [-0.4, -0.2) is 28.6 Å². The van der Waals surface area contributed by atoms with Crippen LogP contribution in [0.5, 0.6) is 11.5 Å². The molecule has 0 bridgehead atoms. The van der Waals surface area contributed by atoms with E-state index >= 15 is 0 Å². The zero-order chi connectivity index (χ0) is 23.3. The van der Waals surface area contributed by atoms with Gasteiger partial charge in [-0.05, 0) is 43.0 Å². The fourth-order valence-corrected chi connectivity index (χ4v) is 5.42. The number of carbonyl (C=O) groups excluding carboxylic acids is 1. The van der Waals surface area contributed by atoms with Crippen molar-refractivity contribution in [1.29, 1.82) is 0 Å². The molecule has 6 nitrogen and oxygen atoms in total. The molecule has 2 aromatic carbocycles. The highest BCUT2D eigenvalue weighted by atomic mass is 32.1. The van der Waals surface area contributed by atoms with Gasteiger partial charge < -0.3 is 14.8 Å². The Bertz CT molecular complexity index is 1120. The van der Waals surface area contributed by atoms with E-state index in [0.29, 0.717) is 12.2 Å². The number of ether oxygens (including phenoxy) is 2. The average molecular weight is 478 g/mol. The zero-order valence-corrected chi connectivity index (χ0v) is 20.4. The number of fused-ring (bicyclic) bond motifs is 1. The predicted molar refractivity (Wildman–Crippen MR) is 133 cm³/mol. The van der Waals surface area contributed by atoms with Gasteiger partial charge in [0.25, 0.3) is 5.91 Å². The second-order valence-electron chi connectivity index (χ2n) is 9.25. The number of carbonyl (C=O) groups is 1. The molecule has 5 rings (SSSR count). The topological polar surface area (TPSA) is 63.7 Å². The number of nitrogens with one attached hydrogen (secondary N) is 1. The normalized spacial score (nSPS) is 15.6. The average Bonchev–Trinajstić information content (AvgIpc) is 3.50. The van der Waals surface area contributed by atoms with Crippen LogP contribution in [0.1, 0.15) is 64.3 Å². The van der Waals surface area contributed by atoms with Crippen LogP contribution in [0.15, 0.2) is 47.8 Å². The molecule has 0 radical (unpaired) electrons. The number of rotatable bonds is 8. The molecule has 34 heavy (non-hydrogen) atoms. The second kappa shape index (κ2) is 10.6. The van der Waals surface area contributed by atoms with Crippen molar-refractivity contribution in [1.82, 2.24) is 15.2 Å². The second-order valence-corrected chi connectivity index (χ2v) is 10.2. The standard InChI is InChI=1S/C27H31N3O3S/c1-19-7-9-20(10-8-19)14-30(15-21-11-12-24-25(13-21)33-18-32-24)16-26-29-23(17-34-26)27(31)28-22-5-3-2-4-6-22/h7-13,17,22H,2-6,14-16,18H2,1H3,(H,28,31). The van der Waals surface area contributed by atoms with Gasteiger partial charge in [-0.2, -0.15) is 0 Å². The number of aromatic nitrogens is 1. The van der Waals surface area contributed by atoms with Crippen LogP contribution in [0.2, 0.25) is 0 Å². The van der Waals surface area contributed by atoms with Gasteiger partial charge in [0, 0.05) is 24.5 Å². The Kier molecular flexibility index (Phi) is 7.11. The Balaban J connectivity index is 1.29. The minimum atomic E-state index is -0.0461. The summed E-state index contributed by atoms with van der Waals surface area (Å²) in [5.74, 6) is 1.54. The van der Waals surface area contributed by atoms with E-state index in [2.05, 4.69) is 53.5 Å². The van der Waals surface area contributed by atoms with Crippen molar-refractivity contribution >= 4 is 17.2 Å². The van der Waals surface area contributed by atoms with Crippen molar-refractivity contribution in [2.75, 3.05) is 6.79 Å². The van der Waals surface area contributed by atoms with Gasteiger partial charge in [-0.25, -0.2) is 4.98 Å². The number of nitrogens with zero attached hydrogens (tertiary/aromatic N) is 2. The van der Waals surface area contributed by atoms with E-state index in [-0.39, 0.29) is 18.7 Å². The van der Waals surface area contributed by atoms with Gasteiger partial charge in [0.2, 0.25) is 6.79 Å². The van der Waals surface area contributed by atoms with Gasteiger partial charge in [0.15, 0.2) is 11.5 Å². The Labute approximate surface area is 204 Å². The summed E-state index contributed by atoms with van der Waals surface area (Å²) in [4.78, 5) is 19.8. The molecule has 0 atom stereocenters. The maximum atomic E-state index is 12.7. The van der Waals surface area contributed by atoms with Crippen LogP contribution in [0, 0.1) is 6.92 Å². The Morgan fingerprint density at radius 1 is 1.00 bits per heavy atom. The largest absolute Gasteiger partial charge is 0.454 e. The van der Waals surface area contributed by atoms with Crippen LogP contribution in [0.25, 0.3) is 0 Å². The van der Waals surface area contributed by atoms with E-state index in [4.69, 9.17) is 14.5 Å². The number of hydrogen-bond donors (Lipinski definition) is 1. The monoisotopic (exact) mass is 477 g/mol. The Morgan fingerprint density at radius 2 is 1.74 bits per heavy atom. The van der Waals surface area contributed by atoms with E-state index < -0.39 is 0 Å². The first-order valence-corrected chi connectivity index (χ1v) is 12.9. The molecule has 1 fully saturated rings. The molecule has 1 aliphatic heterocycles. The summed E-state index contributed by atoms with van der Waals surface area (Å²) >= 11 is 1.55. The van der Waals surface area contributed by atoms with E-state index in [9.17, 15) is 4.79 Å². The van der Waals surface area contributed by atoms with Crippen LogP contribution < -0.4 is 14.8 Å². The lowest BCUT2D eigenvalue weighted by atomic mass is 9.95. The summed E-state index contributed by atoms with van der Waals surface area (Å²) in [6, 6.07) is 15.0. The third-order valence-corrected chi connectivity index (χ3v) is 7.29. The van der Waals surface area contributed by atoms with Gasteiger partial charge in [0.1, 0.15) is 10.7 Å². The van der Waals surface area contributed by atoms with Crippen molar-refractivity contribution in [3.8, 4) is 11.5 Å². The Hall–Kier alpha value is -2.90. The number of aryl methyl sites for hydroxylation is 1. The quantitative estimate of drug-likeness (QED) is 0.468. The van der Waals surface area contributed by atoms with Crippen molar-refractivity contribution in [2.45, 2.75) is 64.7 Å². The van der Waals surface area contributed by atoms with Crippen LogP contribution in [-0.2, 0) is 19.6 Å². The zero-order valence-electron chi connectivity index (χ0n) is 19.6. The number of hydrogen-bond acceptors (Lipinski definition) is 6. The molecule has 178 valence electrons. The lowest BCUT2D eigenvalue weighted by Gasteiger charge is -2.22. The summed E-state index contributed by atoms with van der Waals surface area (Å²) in [6.07, 6.45) is 5.81. The molecule has 7 heteroatoms. The molecule has 0 saturated heterocycles. The first-order chi connectivity index (χ1) is 16.6. The number of thiazole rings is 1. The maximum Gasteiger partial charge on any atom is 0.270 e. The van der Waals surface area contributed by atoms with Crippen molar-refractivity contribution in [3.63, 3.8) is 0 Å². The molecule has 2 heterocycles.